The Balaban J connectivity index is 2.02. The summed E-state index contributed by atoms with van der Waals surface area (Å²) < 4.78 is 0. The van der Waals surface area contributed by atoms with Gasteiger partial charge in [0.15, 0.2) is 0 Å². The first-order valence-corrected chi connectivity index (χ1v) is 7.79. The van der Waals surface area contributed by atoms with Crippen molar-refractivity contribution in [3.63, 3.8) is 0 Å². The maximum atomic E-state index is 4.80. The Kier molecular flexibility index (Phi) is 3.23. The van der Waals surface area contributed by atoms with E-state index in [2.05, 4.69) is 79.7 Å². The van der Waals surface area contributed by atoms with Gasteiger partial charge in [0.05, 0.1) is 15.8 Å². The normalized spacial score (nSPS) is 12.2. The van der Waals surface area contributed by atoms with Gasteiger partial charge in [-0.1, -0.05) is 36.4 Å². The van der Waals surface area contributed by atoms with Gasteiger partial charge in [0, 0.05) is 37.5 Å². The topological polar surface area (TPSA) is 17.3 Å². The van der Waals surface area contributed by atoms with Gasteiger partial charge in [0.25, 0.3) is 11.0 Å². The zero-order chi connectivity index (χ0) is 15.8. The molecule has 2 nitrogen and oxygen atoms in total. The number of para-hydroxylation sites is 2. The Hall–Kier alpha value is -2.87. The Morgan fingerprint density at radius 2 is 1.43 bits per heavy atom. The van der Waals surface area contributed by atoms with E-state index in [0.717, 1.165) is 11.0 Å². The zero-order valence-electron chi connectivity index (χ0n) is 13.3. The molecule has 0 N–H and O–H groups in total. The molecule has 3 aromatic carbocycles. The molecular formula is C21H18N2+. The Labute approximate surface area is 136 Å². The lowest BCUT2D eigenvalue weighted by atomic mass is 9.92. The molecule has 2 heteroatoms. The van der Waals surface area contributed by atoms with E-state index in [-0.39, 0.29) is 0 Å². The first-order chi connectivity index (χ1) is 11.2. The number of rotatable bonds is 2. The maximum Gasteiger partial charge on any atom is 0.285 e. The second-order valence-corrected chi connectivity index (χ2v) is 5.96. The summed E-state index contributed by atoms with van der Waals surface area (Å²) in [4.78, 5) is 6.92. The van der Waals surface area contributed by atoms with Crippen LogP contribution in [0.1, 0.15) is 11.1 Å². The van der Waals surface area contributed by atoms with Crippen molar-refractivity contribution in [3.8, 4) is 0 Å². The van der Waals surface area contributed by atoms with Crippen LogP contribution in [0.2, 0.25) is 0 Å². The summed E-state index contributed by atoms with van der Waals surface area (Å²) >= 11 is 0. The van der Waals surface area contributed by atoms with Gasteiger partial charge in [0.2, 0.25) is 0 Å². The van der Waals surface area contributed by atoms with Crippen molar-refractivity contribution in [1.29, 1.82) is 0 Å². The third-order valence-electron chi connectivity index (χ3n) is 4.26. The van der Waals surface area contributed by atoms with Gasteiger partial charge in [-0.3, -0.25) is 0 Å². The predicted octanol–water partition coefficient (Wildman–Crippen LogP) is 2.60. The lowest BCUT2D eigenvalue weighted by molar-refractivity contribution is 1.13. The Morgan fingerprint density at radius 1 is 0.739 bits per heavy atom. The highest BCUT2D eigenvalue weighted by Crippen LogP contribution is 2.28. The first-order valence-electron chi connectivity index (χ1n) is 7.79. The third kappa shape index (κ3) is 2.33. The quantitative estimate of drug-likeness (QED) is 0.556. The van der Waals surface area contributed by atoms with Gasteiger partial charge < -0.3 is 4.90 Å². The van der Waals surface area contributed by atoms with E-state index in [1.807, 2.05) is 12.1 Å². The monoisotopic (exact) mass is 298 g/mol. The third-order valence-corrected chi connectivity index (χ3v) is 4.26. The first kappa shape index (κ1) is 13.8. The van der Waals surface area contributed by atoms with Crippen molar-refractivity contribution in [1.82, 2.24) is 4.99 Å². The van der Waals surface area contributed by atoms with Crippen LogP contribution < -0.4 is 20.5 Å². The molecule has 1 aliphatic rings. The van der Waals surface area contributed by atoms with Crippen LogP contribution in [0.25, 0.3) is 5.57 Å². The van der Waals surface area contributed by atoms with Gasteiger partial charge in [-0.2, -0.15) is 0 Å². The summed E-state index contributed by atoms with van der Waals surface area (Å²) in [5.41, 5.74) is 5.93. The highest BCUT2D eigenvalue weighted by Gasteiger charge is 2.22. The number of hydrogen-bond donors (Lipinski definition) is 0. The van der Waals surface area contributed by atoms with Gasteiger partial charge in [-0.25, -0.2) is 0 Å². The fraction of sp³-hybridized carbons (Fsp3) is 0.0952. The number of fused-ring (bicyclic) bond motifs is 2. The summed E-state index contributed by atoms with van der Waals surface area (Å²) in [6.07, 6.45) is 0. The molecule has 1 aliphatic heterocycles. The van der Waals surface area contributed by atoms with E-state index in [1.54, 1.807) is 0 Å². The molecule has 0 amide bonds. The second-order valence-electron chi connectivity index (χ2n) is 5.96. The second kappa shape index (κ2) is 5.40. The van der Waals surface area contributed by atoms with Crippen molar-refractivity contribution in [2.45, 2.75) is 0 Å². The van der Waals surface area contributed by atoms with Crippen LogP contribution in [0.3, 0.4) is 0 Å². The van der Waals surface area contributed by atoms with Crippen molar-refractivity contribution >= 4 is 16.9 Å². The molecule has 23 heavy (non-hydrogen) atoms. The minimum Gasteiger partial charge on any atom is -0.378 e. The van der Waals surface area contributed by atoms with Crippen LogP contribution in [0, 0.1) is 0 Å². The van der Waals surface area contributed by atoms with E-state index in [1.165, 1.54) is 27.6 Å². The smallest absolute Gasteiger partial charge is 0.285 e. The molecule has 0 unspecified atom stereocenters. The molecule has 4 rings (SSSR count). The van der Waals surface area contributed by atoms with E-state index >= 15 is 0 Å². The Morgan fingerprint density at radius 3 is 2.22 bits per heavy atom. The van der Waals surface area contributed by atoms with E-state index in [4.69, 9.17) is 4.99 Å². The molecule has 111 valence electrons. The van der Waals surface area contributed by atoms with Crippen LogP contribution in [-0.2, 0) is 0 Å². The highest BCUT2D eigenvalue weighted by molar-refractivity contribution is 5.85. The fourth-order valence-corrected chi connectivity index (χ4v) is 3.08. The average molecular weight is 298 g/mol. The van der Waals surface area contributed by atoms with E-state index in [9.17, 15) is 0 Å². The van der Waals surface area contributed by atoms with Gasteiger partial charge in [-0.15, -0.1) is 0 Å². The minimum absolute atomic E-state index is 1.04. The van der Waals surface area contributed by atoms with Crippen LogP contribution in [0.15, 0.2) is 72.8 Å². The van der Waals surface area contributed by atoms with Crippen LogP contribution in [0.4, 0.5) is 11.4 Å². The molecule has 0 atom stereocenters. The summed E-state index contributed by atoms with van der Waals surface area (Å²) in [6, 6.07) is 25.5. The zero-order valence-corrected chi connectivity index (χ0v) is 13.3. The molecule has 0 saturated heterocycles. The number of benzene rings is 3. The van der Waals surface area contributed by atoms with Gasteiger partial charge in [-0.05, 0) is 29.8 Å². The number of anilines is 1. The fourth-order valence-electron chi connectivity index (χ4n) is 3.08. The molecule has 3 aromatic rings. The average Bonchev–Trinajstić information content (AvgIpc) is 2.59. The molecule has 0 aliphatic carbocycles. The van der Waals surface area contributed by atoms with Gasteiger partial charge in [0.1, 0.15) is 0 Å². The van der Waals surface area contributed by atoms with E-state index in [0.29, 0.717) is 0 Å². The largest absolute Gasteiger partial charge is 0.378 e. The SMILES string of the molecule is CN(C)c1ccc(C2=c3ccccc3=[N+]c3ccccc32)cc1. The number of nitrogens with zero attached hydrogens (tertiary/aromatic N) is 2. The molecule has 0 fully saturated rings. The van der Waals surface area contributed by atoms with Crippen molar-refractivity contribution < 1.29 is 0 Å². The number of hydrogen-bond acceptors (Lipinski definition) is 2. The molecule has 0 bridgehead atoms. The molecule has 0 aromatic heterocycles. The summed E-state index contributed by atoms with van der Waals surface area (Å²) in [7, 11) is 4.12. The van der Waals surface area contributed by atoms with Gasteiger partial charge >= 0.3 is 0 Å². The minimum atomic E-state index is 1.04. The molecule has 0 spiro atoms. The standard InChI is InChI=1S/C21H18N2/c1-23(2)16-13-11-15(12-14-16)21-17-7-3-5-9-19(17)22-20-10-6-4-8-18(20)21/h3-14H,1-2H3/q+1. The predicted molar refractivity (Wildman–Crippen MR) is 95.4 cm³/mol. The van der Waals surface area contributed by atoms with E-state index < -0.39 is 0 Å². The van der Waals surface area contributed by atoms with Crippen molar-refractivity contribution in [2.75, 3.05) is 19.0 Å². The van der Waals surface area contributed by atoms with Crippen molar-refractivity contribution in [2.24, 2.45) is 0 Å². The molecular weight excluding hydrogens is 280 g/mol. The van der Waals surface area contributed by atoms with Crippen LogP contribution in [-0.4, -0.2) is 14.1 Å². The van der Waals surface area contributed by atoms with Crippen molar-refractivity contribution in [3.05, 3.63) is 94.5 Å². The lowest BCUT2D eigenvalue weighted by Gasteiger charge is -2.14. The molecule has 0 saturated carbocycles. The molecule has 1 radical (unpaired) electrons. The highest BCUT2D eigenvalue weighted by atomic mass is 15.1. The lowest BCUT2D eigenvalue weighted by Crippen LogP contribution is -2.34. The Bertz CT molecular complexity index is 983. The summed E-state index contributed by atoms with van der Waals surface area (Å²) in [6.45, 7) is 0. The molecule has 1 heterocycles. The van der Waals surface area contributed by atoms with Crippen LogP contribution >= 0.6 is 0 Å². The van der Waals surface area contributed by atoms with Crippen LogP contribution in [0.5, 0.6) is 0 Å². The summed E-state index contributed by atoms with van der Waals surface area (Å²) in [5.74, 6) is 0. The maximum absolute atomic E-state index is 4.80. The summed E-state index contributed by atoms with van der Waals surface area (Å²) in [5, 5.41) is 2.24.